The van der Waals surface area contributed by atoms with Crippen LogP contribution in [0.3, 0.4) is 0 Å². The van der Waals surface area contributed by atoms with Crippen LogP contribution in [0.15, 0.2) is 33.8 Å². The van der Waals surface area contributed by atoms with Crippen LogP contribution in [0.1, 0.15) is 19.8 Å². The van der Waals surface area contributed by atoms with Crippen molar-refractivity contribution in [2.24, 2.45) is 5.92 Å². The number of carbonyl (C=O) groups excluding carboxylic acids is 1. The van der Waals surface area contributed by atoms with E-state index in [2.05, 4.69) is 43.0 Å². The Kier molecular flexibility index (Phi) is 5.64. The van der Waals surface area contributed by atoms with Gasteiger partial charge in [0, 0.05) is 17.6 Å². The van der Waals surface area contributed by atoms with E-state index in [0.29, 0.717) is 20.7 Å². The molecule has 0 aliphatic carbocycles. The molecular formula is C19H19BrFN5O2S. The van der Waals surface area contributed by atoms with Crippen molar-refractivity contribution in [1.82, 2.24) is 14.5 Å². The van der Waals surface area contributed by atoms with Gasteiger partial charge in [-0.2, -0.15) is 4.98 Å². The lowest BCUT2D eigenvalue weighted by Gasteiger charge is -2.30. The van der Waals surface area contributed by atoms with E-state index in [0.717, 1.165) is 24.6 Å². The van der Waals surface area contributed by atoms with Crippen molar-refractivity contribution in [3.05, 3.63) is 45.2 Å². The van der Waals surface area contributed by atoms with Crippen molar-refractivity contribution in [1.29, 1.82) is 0 Å². The summed E-state index contributed by atoms with van der Waals surface area (Å²) in [5.41, 5.74) is 0.124. The van der Waals surface area contributed by atoms with Crippen LogP contribution in [0.4, 0.5) is 15.2 Å². The van der Waals surface area contributed by atoms with Crippen molar-refractivity contribution in [3.8, 4) is 0 Å². The zero-order chi connectivity index (χ0) is 20.5. The Morgan fingerprint density at radius 1 is 1.45 bits per heavy atom. The number of hydrogen-bond acceptors (Lipinski definition) is 6. The molecule has 1 saturated heterocycles. The quantitative estimate of drug-likeness (QED) is 0.617. The van der Waals surface area contributed by atoms with E-state index in [4.69, 9.17) is 0 Å². The minimum atomic E-state index is -0.559. The summed E-state index contributed by atoms with van der Waals surface area (Å²) in [7, 11) is 0. The smallest absolute Gasteiger partial charge is 0.273 e. The Balaban J connectivity index is 1.54. The summed E-state index contributed by atoms with van der Waals surface area (Å²) in [5, 5.41) is 3.27. The van der Waals surface area contributed by atoms with Gasteiger partial charge in [-0.1, -0.05) is 34.2 Å². The van der Waals surface area contributed by atoms with E-state index in [9.17, 15) is 14.0 Å². The Bertz CT molecular complexity index is 1130. The molecule has 1 N–H and O–H groups in total. The van der Waals surface area contributed by atoms with Gasteiger partial charge in [-0.3, -0.25) is 14.2 Å². The average molecular weight is 480 g/mol. The molecule has 7 nitrogen and oxygen atoms in total. The molecule has 1 fully saturated rings. The van der Waals surface area contributed by atoms with Gasteiger partial charge in [-0.25, -0.2) is 9.37 Å². The minimum absolute atomic E-state index is 0.0552. The molecule has 0 bridgehead atoms. The number of carbonyl (C=O) groups is 1. The van der Waals surface area contributed by atoms with Gasteiger partial charge in [-0.05, 0) is 37.0 Å². The van der Waals surface area contributed by atoms with Gasteiger partial charge in [0.15, 0.2) is 10.8 Å². The van der Waals surface area contributed by atoms with Crippen molar-refractivity contribution in [2.45, 2.75) is 26.3 Å². The summed E-state index contributed by atoms with van der Waals surface area (Å²) >= 11 is 4.47. The zero-order valence-corrected chi connectivity index (χ0v) is 18.1. The van der Waals surface area contributed by atoms with Crippen LogP contribution >= 0.6 is 27.3 Å². The maximum absolute atomic E-state index is 13.9. The van der Waals surface area contributed by atoms with Crippen molar-refractivity contribution in [3.63, 3.8) is 0 Å². The number of nitrogens with one attached hydrogen (secondary N) is 1. The predicted molar refractivity (Wildman–Crippen MR) is 115 cm³/mol. The molecule has 29 heavy (non-hydrogen) atoms. The minimum Gasteiger partial charge on any atom is -0.348 e. The molecule has 0 saturated carbocycles. The first-order chi connectivity index (χ1) is 13.9. The van der Waals surface area contributed by atoms with Gasteiger partial charge >= 0.3 is 0 Å². The van der Waals surface area contributed by atoms with Crippen LogP contribution in [0, 0.1) is 11.7 Å². The standard InChI is InChI=1S/C19H19BrFN5O2S/c1-11-3-2-6-25(8-11)19-24-17-16(29-19)18(28)26(10-22-17)9-15(27)23-14-5-4-12(20)7-13(14)21/h4-5,7,10-11H,2-3,6,8-9H2,1H3,(H,23,27)/t11-/m0/s1. The molecule has 2 aromatic heterocycles. The second-order valence-electron chi connectivity index (χ2n) is 7.19. The molecule has 1 aliphatic heterocycles. The summed E-state index contributed by atoms with van der Waals surface area (Å²) in [4.78, 5) is 36.0. The van der Waals surface area contributed by atoms with E-state index < -0.39 is 11.7 Å². The van der Waals surface area contributed by atoms with Gasteiger partial charge in [-0.15, -0.1) is 0 Å². The normalized spacial score (nSPS) is 16.9. The van der Waals surface area contributed by atoms with E-state index in [1.54, 1.807) is 6.07 Å². The molecule has 0 unspecified atom stereocenters. The number of amides is 1. The highest BCUT2D eigenvalue weighted by Gasteiger charge is 2.21. The largest absolute Gasteiger partial charge is 0.348 e. The van der Waals surface area contributed by atoms with Crippen LogP contribution in [-0.2, 0) is 11.3 Å². The van der Waals surface area contributed by atoms with Crippen LogP contribution in [0.5, 0.6) is 0 Å². The summed E-state index contributed by atoms with van der Waals surface area (Å²) in [6.07, 6.45) is 3.60. The first kappa shape index (κ1) is 20.0. The highest BCUT2D eigenvalue weighted by atomic mass is 79.9. The highest BCUT2D eigenvalue weighted by molar-refractivity contribution is 9.10. The molecule has 3 aromatic rings. The molecule has 10 heteroatoms. The van der Waals surface area contributed by atoms with E-state index in [-0.39, 0.29) is 17.8 Å². The molecule has 0 radical (unpaired) electrons. The zero-order valence-electron chi connectivity index (χ0n) is 15.7. The van der Waals surface area contributed by atoms with Crippen LogP contribution in [0.2, 0.25) is 0 Å². The average Bonchev–Trinajstić information content (AvgIpc) is 3.12. The number of halogens is 2. The van der Waals surface area contributed by atoms with Crippen LogP contribution in [-0.4, -0.2) is 33.5 Å². The fraction of sp³-hybridized carbons (Fsp3) is 0.368. The molecule has 3 heterocycles. The Hall–Kier alpha value is -2.33. The molecule has 1 aliphatic rings. The predicted octanol–water partition coefficient (Wildman–Crippen LogP) is 3.63. The maximum Gasteiger partial charge on any atom is 0.273 e. The Labute approximate surface area is 178 Å². The summed E-state index contributed by atoms with van der Waals surface area (Å²) in [6.45, 7) is 3.78. The molecule has 1 amide bonds. The van der Waals surface area contributed by atoms with Crippen LogP contribution in [0.25, 0.3) is 10.3 Å². The number of hydrogen-bond donors (Lipinski definition) is 1. The monoisotopic (exact) mass is 479 g/mol. The van der Waals surface area contributed by atoms with Crippen molar-refractivity contribution < 1.29 is 9.18 Å². The molecule has 1 aromatic carbocycles. The fourth-order valence-corrected chi connectivity index (χ4v) is 4.72. The first-order valence-electron chi connectivity index (χ1n) is 9.26. The lowest BCUT2D eigenvalue weighted by Crippen LogP contribution is -2.34. The summed E-state index contributed by atoms with van der Waals surface area (Å²) < 4.78 is 16.1. The lowest BCUT2D eigenvalue weighted by molar-refractivity contribution is -0.116. The molecule has 0 spiro atoms. The SMILES string of the molecule is C[C@H]1CCCN(c2nc3ncn(CC(=O)Nc4ccc(Br)cc4F)c(=O)c3s2)C1. The number of rotatable bonds is 4. The van der Waals surface area contributed by atoms with E-state index in [1.165, 1.54) is 40.8 Å². The summed E-state index contributed by atoms with van der Waals surface area (Å²) in [5.74, 6) is -0.483. The van der Waals surface area contributed by atoms with Crippen molar-refractivity contribution in [2.75, 3.05) is 23.3 Å². The number of anilines is 2. The van der Waals surface area contributed by atoms with Crippen molar-refractivity contribution >= 4 is 54.3 Å². The van der Waals surface area contributed by atoms with Gasteiger partial charge in [0.1, 0.15) is 23.4 Å². The molecule has 4 rings (SSSR count). The van der Waals surface area contributed by atoms with Gasteiger partial charge in [0.05, 0.1) is 5.69 Å². The van der Waals surface area contributed by atoms with Gasteiger partial charge in [0.25, 0.3) is 5.56 Å². The molecule has 1 atom stereocenters. The third-order valence-corrected chi connectivity index (χ3v) is 6.41. The fourth-order valence-electron chi connectivity index (χ4n) is 3.38. The number of benzene rings is 1. The van der Waals surface area contributed by atoms with E-state index >= 15 is 0 Å². The third kappa shape index (κ3) is 4.32. The van der Waals surface area contributed by atoms with Gasteiger partial charge < -0.3 is 10.2 Å². The number of aromatic nitrogens is 3. The topological polar surface area (TPSA) is 80.1 Å². The molecule has 152 valence electrons. The number of thiazole rings is 1. The number of piperidine rings is 1. The third-order valence-electron chi connectivity index (χ3n) is 4.82. The number of fused-ring (bicyclic) bond motifs is 1. The Morgan fingerprint density at radius 2 is 2.28 bits per heavy atom. The second-order valence-corrected chi connectivity index (χ2v) is 9.09. The summed E-state index contributed by atoms with van der Waals surface area (Å²) in [6, 6.07) is 4.34. The Morgan fingerprint density at radius 3 is 3.03 bits per heavy atom. The second kappa shape index (κ2) is 8.19. The molecular weight excluding hydrogens is 461 g/mol. The van der Waals surface area contributed by atoms with Crippen LogP contribution < -0.4 is 15.8 Å². The van der Waals surface area contributed by atoms with E-state index in [1.807, 2.05) is 0 Å². The maximum atomic E-state index is 13.9. The lowest BCUT2D eigenvalue weighted by atomic mass is 10.0. The van der Waals surface area contributed by atoms with Gasteiger partial charge in [0.2, 0.25) is 5.91 Å². The number of nitrogens with zero attached hydrogens (tertiary/aromatic N) is 4. The highest BCUT2D eigenvalue weighted by Crippen LogP contribution is 2.29. The first-order valence-corrected chi connectivity index (χ1v) is 10.9.